The van der Waals surface area contributed by atoms with E-state index in [0.29, 0.717) is 23.6 Å². The van der Waals surface area contributed by atoms with Crippen LogP contribution < -0.4 is 16.6 Å². The van der Waals surface area contributed by atoms with Gasteiger partial charge in [-0.2, -0.15) is 0 Å². The van der Waals surface area contributed by atoms with Gasteiger partial charge in [0.15, 0.2) is 0 Å². The van der Waals surface area contributed by atoms with Crippen molar-refractivity contribution in [3.63, 3.8) is 0 Å². The number of H-pyrrole nitrogens is 1. The lowest BCUT2D eigenvalue weighted by atomic mass is 9.85. The fraction of sp³-hybridized carbons (Fsp3) is 0.355. The van der Waals surface area contributed by atoms with Crippen LogP contribution in [0.25, 0.3) is 22.3 Å². The fourth-order valence-corrected chi connectivity index (χ4v) is 5.80. The summed E-state index contributed by atoms with van der Waals surface area (Å²) in [7, 11) is 0. The third-order valence-corrected chi connectivity index (χ3v) is 8.21. The third-order valence-electron chi connectivity index (χ3n) is 8.21. The Labute approximate surface area is 246 Å². The van der Waals surface area contributed by atoms with Crippen LogP contribution in [0.4, 0.5) is 0 Å². The quantitative estimate of drug-likeness (QED) is 0.231. The van der Waals surface area contributed by atoms with Gasteiger partial charge in [-0.3, -0.25) is 9.59 Å². The van der Waals surface area contributed by atoms with Crippen LogP contribution in [-0.4, -0.2) is 49.4 Å². The van der Waals surface area contributed by atoms with Crippen LogP contribution in [0.15, 0.2) is 53.7 Å². The Morgan fingerprint density at radius 3 is 2.74 bits per heavy atom. The number of ether oxygens (including phenoxy) is 2. The number of aromatic amines is 1. The highest BCUT2D eigenvalue weighted by Crippen LogP contribution is 2.41. The molecule has 2 aliphatic heterocycles. The van der Waals surface area contributed by atoms with Gasteiger partial charge in [-0.15, -0.1) is 0 Å². The highest BCUT2D eigenvalue weighted by atomic mass is 16.6. The van der Waals surface area contributed by atoms with Gasteiger partial charge >= 0.3 is 11.9 Å². The molecule has 4 aromatic rings. The molecule has 0 bridgehead atoms. The number of nitrogens with zero attached hydrogens (tertiary/aromatic N) is 3. The fourth-order valence-electron chi connectivity index (χ4n) is 5.80. The van der Waals surface area contributed by atoms with E-state index in [-0.39, 0.29) is 36.1 Å². The van der Waals surface area contributed by atoms with E-state index in [1.807, 2.05) is 30.3 Å². The minimum absolute atomic E-state index is 0.00354. The van der Waals surface area contributed by atoms with Crippen LogP contribution in [0.5, 0.6) is 0 Å². The first-order chi connectivity index (χ1) is 20.6. The molecule has 0 spiro atoms. The average Bonchev–Trinajstić information content (AvgIpc) is 3.63. The van der Waals surface area contributed by atoms with Crippen molar-refractivity contribution in [3.05, 3.63) is 81.7 Å². The molecule has 5 heterocycles. The number of carbonyl (C=O) groups is 3. The van der Waals surface area contributed by atoms with Crippen molar-refractivity contribution in [1.82, 2.24) is 24.8 Å². The van der Waals surface area contributed by atoms with Crippen LogP contribution >= 0.6 is 0 Å². The summed E-state index contributed by atoms with van der Waals surface area (Å²) in [6.45, 7) is 5.24. The van der Waals surface area contributed by atoms with Crippen LogP contribution in [0.3, 0.4) is 0 Å². The number of carbonyl (C=O) groups excluding carboxylic acids is 3. The number of amides is 1. The van der Waals surface area contributed by atoms with Crippen molar-refractivity contribution in [2.75, 3.05) is 0 Å². The summed E-state index contributed by atoms with van der Waals surface area (Å²) in [4.78, 5) is 65.5. The largest absolute Gasteiger partial charge is 0.457 e. The van der Waals surface area contributed by atoms with Crippen molar-refractivity contribution in [1.29, 1.82) is 0 Å². The Morgan fingerprint density at radius 1 is 1.23 bits per heavy atom. The number of fused-ring (bicyclic) bond motifs is 5. The maximum Gasteiger partial charge on any atom is 0.355 e. The van der Waals surface area contributed by atoms with Crippen molar-refractivity contribution >= 4 is 28.7 Å². The lowest BCUT2D eigenvalue weighted by molar-refractivity contribution is -0.191. The number of hydrogen-bond acceptors (Lipinski definition) is 9. The van der Waals surface area contributed by atoms with Crippen molar-refractivity contribution in [2.24, 2.45) is 11.7 Å². The molecule has 1 aromatic carbocycles. The minimum Gasteiger partial charge on any atom is -0.457 e. The Morgan fingerprint density at radius 2 is 2.02 bits per heavy atom. The van der Waals surface area contributed by atoms with Crippen molar-refractivity contribution in [2.45, 2.75) is 64.4 Å². The normalized spacial score (nSPS) is 18.4. The van der Waals surface area contributed by atoms with Gasteiger partial charge in [-0.05, 0) is 30.5 Å². The second-order valence-electron chi connectivity index (χ2n) is 11.3. The second-order valence-corrected chi connectivity index (χ2v) is 11.3. The Balaban J connectivity index is 1.35. The van der Waals surface area contributed by atoms with E-state index in [1.54, 1.807) is 37.6 Å². The molecule has 0 unspecified atom stereocenters. The summed E-state index contributed by atoms with van der Waals surface area (Å²) >= 11 is 0. The first kappa shape index (κ1) is 28.3. The molecule has 3 aromatic heterocycles. The number of benzene rings is 1. The van der Waals surface area contributed by atoms with Crippen molar-refractivity contribution < 1.29 is 23.9 Å². The second kappa shape index (κ2) is 10.8. The summed E-state index contributed by atoms with van der Waals surface area (Å²) in [6.07, 6.45) is 3.24. The highest BCUT2D eigenvalue weighted by Gasteiger charge is 2.51. The van der Waals surface area contributed by atoms with Gasteiger partial charge in [0, 0.05) is 34.8 Å². The van der Waals surface area contributed by atoms with Crippen LogP contribution in [0.1, 0.15) is 49.6 Å². The molecular formula is C31H32N6O6. The summed E-state index contributed by atoms with van der Waals surface area (Å²) < 4.78 is 13.1. The molecule has 222 valence electrons. The number of hydrogen-bond donors (Lipinski definition) is 3. The number of nitrogens with two attached hydrogens (primary N) is 1. The van der Waals surface area contributed by atoms with Crippen molar-refractivity contribution in [3.8, 4) is 11.4 Å². The van der Waals surface area contributed by atoms with Gasteiger partial charge in [-0.1, -0.05) is 39.0 Å². The number of aromatic nitrogens is 4. The van der Waals surface area contributed by atoms with Gasteiger partial charge < -0.3 is 30.1 Å². The summed E-state index contributed by atoms with van der Waals surface area (Å²) in [6, 6.07) is 9.31. The molecule has 3 atom stereocenters. The van der Waals surface area contributed by atoms with E-state index in [1.165, 1.54) is 6.33 Å². The van der Waals surface area contributed by atoms with Crippen LogP contribution in [0.2, 0.25) is 0 Å². The number of rotatable bonds is 8. The van der Waals surface area contributed by atoms with E-state index >= 15 is 0 Å². The zero-order valence-corrected chi connectivity index (χ0v) is 24.0. The number of para-hydroxylation sites is 1. The number of nitrogens with one attached hydrogen (secondary N) is 2. The maximum absolute atomic E-state index is 13.8. The molecule has 0 fully saturated rings. The van der Waals surface area contributed by atoms with Gasteiger partial charge in [0.25, 0.3) is 5.56 Å². The number of esters is 2. The van der Waals surface area contributed by atoms with Crippen LogP contribution in [-0.2, 0) is 49.0 Å². The van der Waals surface area contributed by atoms with Gasteiger partial charge in [0.2, 0.25) is 11.5 Å². The Hall–Kier alpha value is -4.84. The smallest absolute Gasteiger partial charge is 0.355 e. The molecule has 12 heteroatoms. The molecule has 12 nitrogen and oxygen atoms in total. The SMILES string of the molecule is CC[C@@]1(OC(=O)[C@@H](NC(=O)[C@@H](N)Cc2cnc[nH]2)C(C)C)C(=O)OCc2c1cc1n(c2=O)Cc2cc3ccccc3nc2-1. The lowest BCUT2D eigenvalue weighted by Gasteiger charge is -2.37. The Kier molecular flexibility index (Phi) is 7.09. The molecule has 2 aliphatic rings. The minimum atomic E-state index is -1.89. The maximum atomic E-state index is 13.8. The first-order valence-corrected chi connectivity index (χ1v) is 14.2. The molecular weight excluding hydrogens is 552 g/mol. The molecule has 6 rings (SSSR count). The summed E-state index contributed by atoms with van der Waals surface area (Å²) in [5.74, 6) is -2.59. The number of pyridine rings is 2. The third kappa shape index (κ3) is 4.77. The molecule has 0 saturated heterocycles. The number of cyclic esters (lactones) is 1. The highest BCUT2D eigenvalue weighted by molar-refractivity contribution is 5.91. The van der Waals surface area contributed by atoms with E-state index in [0.717, 1.165) is 16.5 Å². The standard InChI is InChI=1S/C31H32N6O6/c1-4-31(43-29(40)25(16(2)3)36-27(38)22(32)10-19-12-33-15-34-19)21-11-24-26-18(9-17-7-5-6-8-23(17)35-26)13-37(24)28(39)20(21)14-42-30(31)41/h5-9,11-12,15-16,22,25H,4,10,13-14,32H2,1-3H3,(H,33,34)(H,36,38)/t22-,25-,31-/m0/s1. The van der Waals surface area contributed by atoms with E-state index in [9.17, 15) is 19.2 Å². The molecule has 0 saturated carbocycles. The first-order valence-electron chi connectivity index (χ1n) is 14.2. The zero-order valence-electron chi connectivity index (χ0n) is 24.0. The topological polar surface area (TPSA) is 171 Å². The summed E-state index contributed by atoms with van der Waals surface area (Å²) in [5.41, 5.74) is 7.84. The van der Waals surface area contributed by atoms with Gasteiger partial charge in [0.1, 0.15) is 12.6 Å². The molecule has 0 aliphatic carbocycles. The molecule has 1 amide bonds. The zero-order chi connectivity index (χ0) is 30.5. The predicted molar refractivity (Wildman–Crippen MR) is 155 cm³/mol. The van der Waals surface area contributed by atoms with Gasteiger partial charge in [-0.25, -0.2) is 19.6 Å². The van der Waals surface area contributed by atoms with Gasteiger partial charge in [0.05, 0.1) is 41.4 Å². The van der Waals surface area contributed by atoms with E-state index in [4.69, 9.17) is 20.2 Å². The lowest BCUT2D eigenvalue weighted by Crippen LogP contribution is -2.55. The van der Waals surface area contributed by atoms with E-state index < -0.39 is 41.4 Å². The van der Waals surface area contributed by atoms with Crippen LogP contribution in [0, 0.1) is 5.92 Å². The summed E-state index contributed by atoms with van der Waals surface area (Å²) in [5, 5.41) is 3.63. The monoisotopic (exact) mass is 584 g/mol. The average molecular weight is 585 g/mol. The molecule has 0 radical (unpaired) electrons. The van der Waals surface area contributed by atoms with E-state index in [2.05, 4.69) is 15.3 Å². The Bertz CT molecular complexity index is 1810. The number of imidazole rings is 1. The predicted octanol–water partition coefficient (Wildman–Crippen LogP) is 2.06. The molecule has 43 heavy (non-hydrogen) atoms. The molecule has 4 N–H and O–H groups in total.